The van der Waals surface area contributed by atoms with Crippen molar-refractivity contribution < 1.29 is 9.53 Å². The van der Waals surface area contributed by atoms with Crippen LogP contribution in [0.25, 0.3) is 0 Å². The highest BCUT2D eigenvalue weighted by molar-refractivity contribution is 7.99. The normalized spacial score (nSPS) is 10.7. The molecule has 0 bridgehead atoms. The fourth-order valence-corrected chi connectivity index (χ4v) is 3.63. The Morgan fingerprint density at radius 3 is 2.48 bits per heavy atom. The molecule has 152 valence electrons. The number of nitrogens with zero attached hydrogens (tertiary/aromatic N) is 4. The van der Waals surface area contributed by atoms with Crippen molar-refractivity contribution in [1.82, 2.24) is 19.8 Å². The van der Waals surface area contributed by atoms with Gasteiger partial charge in [0.05, 0.1) is 12.9 Å². The molecule has 0 atom stereocenters. The van der Waals surface area contributed by atoms with Gasteiger partial charge in [0.1, 0.15) is 5.75 Å². The first-order valence-corrected chi connectivity index (χ1v) is 10.4. The van der Waals surface area contributed by atoms with E-state index in [1.165, 1.54) is 16.4 Å². The number of nitrogen functional groups attached to an aromatic ring is 1. The maximum atomic E-state index is 12.6. The Morgan fingerprint density at radius 2 is 1.83 bits per heavy atom. The predicted molar refractivity (Wildman–Crippen MR) is 114 cm³/mol. The lowest BCUT2D eigenvalue weighted by atomic mass is 10.1. The average molecular weight is 412 g/mol. The molecule has 0 aliphatic heterocycles. The SMILES string of the molecule is CCN(Cc1ccccc1)C(=O)CSc1nnc(Cc2ccc(OC)cc2)n1N. The van der Waals surface area contributed by atoms with Crippen molar-refractivity contribution in [3.63, 3.8) is 0 Å². The highest BCUT2D eigenvalue weighted by Crippen LogP contribution is 2.19. The summed E-state index contributed by atoms with van der Waals surface area (Å²) in [5, 5.41) is 8.84. The van der Waals surface area contributed by atoms with Gasteiger partial charge in [0, 0.05) is 19.5 Å². The zero-order valence-electron chi connectivity index (χ0n) is 16.6. The maximum Gasteiger partial charge on any atom is 0.233 e. The van der Waals surface area contributed by atoms with Crippen LogP contribution < -0.4 is 10.6 Å². The molecule has 3 rings (SSSR count). The highest BCUT2D eigenvalue weighted by atomic mass is 32.2. The summed E-state index contributed by atoms with van der Waals surface area (Å²) in [7, 11) is 1.63. The average Bonchev–Trinajstić information content (AvgIpc) is 3.10. The van der Waals surface area contributed by atoms with E-state index in [9.17, 15) is 4.79 Å². The summed E-state index contributed by atoms with van der Waals surface area (Å²) in [5.74, 6) is 7.89. The number of nitrogens with two attached hydrogens (primary N) is 1. The molecule has 29 heavy (non-hydrogen) atoms. The molecule has 3 aromatic rings. The summed E-state index contributed by atoms with van der Waals surface area (Å²) in [5.41, 5.74) is 2.16. The Balaban J connectivity index is 1.58. The predicted octanol–water partition coefficient (Wildman–Crippen LogP) is 2.73. The molecule has 2 N–H and O–H groups in total. The first kappa shape index (κ1) is 20.7. The van der Waals surface area contributed by atoms with Crippen LogP contribution in [-0.4, -0.2) is 45.1 Å². The van der Waals surface area contributed by atoms with Gasteiger partial charge in [-0.15, -0.1) is 10.2 Å². The van der Waals surface area contributed by atoms with Crippen LogP contribution in [0.1, 0.15) is 23.9 Å². The van der Waals surface area contributed by atoms with Gasteiger partial charge in [0.15, 0.2) is 5.82 Å². The smallest absolute Gasteiger partial charge is 0.233 e. The minimum absolute atomic E-state index is 0.0426. The number of benzene rings is 2. The van der Waals surface area contributed by atoms with E-state index in [0.29, 0.717) is 30.5 Å². The zero-order chi connectivity index (χ0) is 20.6. The molecule has 0 saturated carbocycles. The lowest BCUT2D eigenvalue weighted by molar-refractivity contribution is -0.128. The number of amides is 1. The van der Waals surface area contributed by atoms with E-state index < -0.39 is 0 Å². The van der Waals surface area contributed by atoms with E-state index in [1.54, 1.807) is 7.11 Å². The van der Waals surface area contributed by atoms with Crippen LogP contribution in [0.3, 0.4) is 0 Å². The van der Waals surface area contributed by atoms with Crippen molar-refractivity contribution in [2.75, 3.05) is 25.3 Å². The summed E-state index contributed by atoms with van der Waals surface area (Å²) >= 11 is 1.30. The molecule has 0 radical (unpaired) electrons. The fraction of sp³-hybridized carbons (Fsp3) is 0.286. The topological polar surface area (TPSA) is 86.3 Å². The van der Waals surface area contributed by atoms with Gasteiger partial charge in [0.2, 0.25) is 11.1 Å². The molecule has 0 aliphatic rings. The Labute approximate surface area is 174 Å². The lowest BCUT2D eigenvalue weighted by Gasteiger charge is -2.20. The molecule has 1 aromatic heterocycles. The molecule has 1 amide bonds. The molecule has 0 unspecified atom stereocenters. The van der Waals surface area contributed by atoms with Crippen molar-refractivity contribution in [3.05, 3.63) is 71.5 Å². The zero-order valence-corrected chi connectivity index (χ0v) is 17.4. The molecule has 7 nitrogen and oxygen atoms in total. The number of methoxy groups -OCH3 is 1. The Hall–Kier alpha value is -3.00. The third-order valence-corrected chi connectivity index (χ3v) is 5.46. The quantitative estimate of drug-likeness (QED) is 0.430. The minimum Gasteiger partial charge on any atom is -0.497 e. The van der Waals surface area contributed by atoms with E-state index in [0.717, 1.165) is 16.9 Å². The number of hydrogen-bond donors (Lipinski definition) is 1. The molecule has 8 heteroatoms. The fourth-order valence-electron chi connectivity index (χ4n) is 2.85. The van der Waals surface area contributed by atoms with Crippen LogP contribution in [0.4, 0.5) is 0 Å². The minimum atomic E-state index is 0.0426. The Morgan fingerprint density at radius 1 is 1.10 bits per heavy atom. The number of hydrogen-bond acceptors (Lipinski definition) is 6. The molecular formula is C21H25N5O2S. The van der Waals surface area contributed by atoms with Crippen molar-refractivity contribution in [2.45, 2.75) is 25.0 Å². The van der Waals surface area contributed by atoms with Crippen LogP contribution in [0.15, 0.2) is 59.8 Å². The second-order valence-corrected chi connectivity index (χ2v) is 7.42. The van der Waals surface area contributed by atoms with Crippen LogP contribution >= 0.6 is 11.8 Å². The summed E-state index contributed by atoms with van der Waals surface area (Å²) in [6, 6.07) is 17.7. The number of aromatic nitrogens is 3. The third-order valence-electron chi connectivity index (χ3n) is 4.53. The maximum absolute atomic E-state index is 12.6. The van der Waals surface area contributed by atoms with Gasteiger partial charge in [-0.2, -0.15) is 0 Å². The molecule has 1 heterocycles. The number of rotatable bonds is 9. The van der Waals surface area contributed by atoms with Crippen LogP contribution in [0.5, 0.6) is 5.75 Å². The van der Waals surface area contributed by atoms with Crippen LogP contribution in [0.2, 0.25) is 0 Å². The van der Waals surface area contributed by atoms with E-state index in [2.05, 4.69) is 10.2 Å². The second-order valence-electron chi connectivity index (χ2n) is 6.48. The van der Waals surface area contributed by atoms with Gasteiger partial charge in [-0.25, -0.2) is 4.68 Å². The summed E-state index contributed by atoms with van der Waals surface area (Å²) in [6.45, 7) is 3.21. The Bertz CT molecular complexity index is 928. The van der Waals surface area contributed by atoms with E-state index in [4.69, 9.17) is 10.6 Å². The van der Waals surface area contributed by atoms with Gasteiger partial charge < -0.3 is 15.5 Å². The standard InChI is InChI=1S/C21H25N5O2S/c1-3-25(14-17-7-5-4-6-8-17)20(27)15-29-21-24-23-19(26(21)22)13-16-9-11-18(28-2)12-10-16/h4-12H,3,13-15,22H2,1-2H3. The summed E-state index contributed by atoms with van der Waals surface area (Å²) in [6.07, 6.45) is 0.553. The molecule has 0 saturated heterocycles. The Kier molecular flexibility index (Phi) is 7.13. The van der Waals surface area contributed by atoms with Crippen molar-refractivity contribution in [3.8, 4) is 5.75 Å². The van der Waals surface area contributed by atoms with Crippen molar-refractivity contribution >= 4 is 17.7 Å². The van der Waals surface area contributed by atoms with Gasteiger partial charge in [0.25, 0.3) is 0 Å². The largest absolute Gasteiger partial charge is 0.497 e. The molecule has 0 aliphatic carbocycles. The number of carbonyl (C=O) groups is 1. The molecule has 0 spiro atoms. The summed E-state index contributed by atoms with van der Waals surface area (Å²) < 4.78 is 6.62. The molecule has 2 aromatic carbocycles. The first-order valence-electron chi connectivity index (χ1n) is 9.37. The first-order chi connectivity index (χ1) is 14.1. The second kappa shape index (κ2) is 9.97. The van der Waals surface area contributed by atoms with Crippen molar-refractivity contribution in [2.24, 2.45) is 0 Å². The highest BCUT2D eigenvalue weighted by Gasteiger charge is 2.16. The number of carbonyl (C=O) groups excluding carboxylic acids is 1. The molecular weight excluding hydrogens is 386 g/mol. The lowest BCUT2D eigenvalue weighted by Crippen LogP contribution is -2.31. The summed E-state index contributed by atoms with van der Waals surface area (Å²) in [4.78, 5) is 14.4. The van der Waals surface area contributed by atoms with Crippen molar-refractivity contribution in [1.29, 1.82) is 0 Å². The van der Waals surface area contributed by atoms with E-state index in [-0.39, 0.29) is 11.7 Å². The third kappa shape index (κ3) is 5.51. The van der Waals surface area contributed by atoms with Crippen LogP contribution in [-0.2, 0) is 17.8 Å². The van der Waals surface area contributed by atoms with Gasteiger partial charge in [-0.05, 0) is 30.2 Å². The van der Waals surface area contributed by atoms with Crippen LogP contribution in [0, 0.1) is 0 Å². The van der Waals surface area contributed by atoms with Gasteiger partial charge >= 0.3 is 0 Å². The van der Waals surface area contributed by atoms with Gasteiger partial charge in [-0.3, -0.25) is 4.79 Å². The number of thioether (sulfide) groups is 1. The van der Waals surface area contributed by atoms with Gasteiger partial charge in [-0.1, -0.05) is 54.2 Å². The monoisotopic (exact) mass is 411 g/mol. The number of ether oxygens (including phenoxy) is 1. The molecule has 0 fully saturated rings. The van der Waals surface area contributed by atoms with E-state index >= 15 is 0 Å². The van der Waals surface area contributed by atoms with E-state index in [1.807, 2.05) is 66.4 Å².